The summed E-state index contributed by atoms with van der Waals surface area (Å²) in [6.45, 7) is 9.62. The number of nitrogens with two attached hydrogens (primary N) is 1. The number of hydrogen-bond acceptors (Lipinski definition) is 3. The van der Waals surface area contributed by atoms with Crippen LogP contribution in [0.2, 0.25) is 0 Å². The largest absolute Gasteiger partial charge is 0.480 e. The van der Waals surface area contributed by atoms with Crippen molar-refractivity contribution in [3.63, 3.8) is 0 Å². The Bertz CT molecular complexity index is 586. The molecular formula is C17H24N2O3. The fourth-order valence-electron chi connectivity index (χ4n) is 2.61. The lowest BCUT2D eigenvalue weighted by atomic mass is 9.86. The van der Waals surface area contributed by atoms with Gasteiger partial charge in [0, 0.05) is 6.42 Å². The van der Waals surface area contributed by atoms with Crippen molar-refractivity contribution in [2.24, 2.45) is 11.1 Å². The molecular weight excluding hydrogens is 280 g/mol. The number of ether oxygens (including phenoxy) is 1. The summed E-state index contributed by atoms with van der Waals surface area (Å²) in [7, 11) is 0. The molecule has 3 N–H and O–H groups in total. The Labute approximate surface area is 131 Å². The Morgan fingerprint density at radius 3 is 2.41 bits per heavy atom. The van der Waals surface area contributed by atoms with Gasteiger partial charge >= 0.3 is 0 Å². The lowest BCUT2D eigenvalue weighted by Crippen LogP contribution is -2.54. The molecule has 5 heteroatoms. The number of amides is 2. The van der Waals surface area contributed by atoms with Crippen molar-refractivity contribution in [3.8, 4) is 5.75 Å². The second-order valence-corrected chi connectivity index (χ2v) is 7.06. The summed E-state index contributed by atoms with van der Waals surface area (Å²) in [6.07, 6.45) is -0.0989. The van der Waals surface area contributed by atoms with Crippen molar-refractivity contribution >= 4 is 11.8 Å². The van der Waals surface area contributed by atoms with E-state index in [-0.39, 0.29) is 5.91 Å². The van der Waals surface area contributed by atoms with Gasteiger partial charge in [0.15, 0.2) is 6.10 Å². The van der Waals surface area contributed by atoms with E-state index in [1.165, 1.54) is 5.56 Å². The Morgan fingerprint density at radius 2 is 1.86 bits per heavy atom. The average Bonchev–Trinajstić information content (AvgIpc) is 2.77. The second-order valence-electron chi connectivity index (χ2n) is 7.06. The predicted molar refractivity (Wildman–Crippen MR) is 84.6 cm³/mol. The first-order valence-corrected chi connectivity index (χ1v) is 7.46. The molecule has 0 aromatic heterocycles. The normalized spacial score (nSPS) is 18.3. The molecule has 2 amide bonds. The molecule has 5 nitrogen and oxygen atoms in total. The molecule has 0 saturated heterocycles. The standard InChI is InChI=1S/C17H24N2O3/c1-9-6-11-8-13(22-12(11)7-10(9)2)16(21)19-14(15(18)20)17(3,4)5/h6-7,13-14H,8H2,1-5H3,(H2,18,20)(H,19,21)/t13-,14-/m0/s1. The minimum Gasteiger partial charge on any atom is -0.480 e. The third kappa shape index (κ3) is 3.24. The summed E-state index contributed by atoms with van der Waals surface area (Å²) in [5.41, 5.74) is 8.28. The molecule has 22 heavy (non-hydrogen) atoms. The molecule has 120 valence electrons. The third-order valence-corrected chi connectivity index (χ3v) is 4.08. The van der Waals surface area contributed by atoms with Gasteiger partial charge in [-0.2, -0.15) is 0 Å². The smallest absolute Gasteiger partial charge is 0.262 e. The molecule has 0 saturated carbocycles. The van der Waals surface area contributed by atoms with Crippen LogP contribution in [0.1, 0.15) is 37.5 Å². The van der Waals surface area contributed by atoms with Crippen LogP contribution in [-0.2, 0) is 16.0 Å². The number of rotatable bonds is 3. The van der Waals surface area contributed by atoms with Crippen LogP contribution in [0.3, 0.4) is 0 Å². The van der Waals surface area contributed by atoms with E-state index in [1.54, 1.807) is 0 Å². The summed E-state index contributed by atoms with van der Waals surface area (Å²) in [5.74, 6) is -0.0945. The highest BCUT2D eigenvalue weighted by Gasteiger charge is 2.36. The van der Waals surface area contributed by atoms with E-state index in [9.17, 15) is 9.59 Å². The van der Waals surface area contributed by atoms with E-state index in [2.05, 4.69) is 5.32 Å². The highest BCUT2D eigenvalue weighted by atomic mass is 16.5. The van der Waals surface area contributed by atoms with E-state index in [0.717, 1.165) is 16.9 Å². The first-order valence-electron chi connectivity index (χ1n) is 7.46. The van der Waals surface area contributed by atoms with Crippen LogP contribution < -0.4 is 15.8 Å². The second kappa shape index (κ2) is 5.63. The van der Waals surface area contributed by atoms with Crippen molar-refractivity contribution in [1.29, 1.82) is 0 Å². The van der Waals surface area contributed by atoms with Gasteiger partial charge in [-0.15, -0.1) is 0 Å². The van der Waals surface area contributed by atoms with Crippen molar-refractivity contribution in [3.05, 3.63) is 28.8 Å². The highest BCUT2D eigenvalue weighted by Crippen LogP contribution is 2.31. The Kier molecular flexibility index (Phi) is 4.18. The first kappa shape index (κ1) is 16.3. The topological polar surface area (TPSA) is 81.4 Å². The van der Waals surface area contributed by atoms with Gasteiger partial charge in [-0.3, -0.25) is 9.59 Å². The molecule has 0 radical (unpaired) electrons. The van der Waals surface area contributed by atoms with Gasteiger partial charge in [0.2, 0.25) is 5.91 Å². The van der Waals surface area contributed by atoms with Crippen LogP contribution in [0.25, 0.3) is 0 Å². The van der Waals surface area contributed by atoms with Gasteiger partial charge in [0.05, 0.1) is 0 Å². The Morgan fingerprint density at radius 1 is 1.27 bits per heavy atom. The molecule has 1 aromatic carbocycles. The maximum atomic E-state index is 12.4. The fourth-order valence-corrected chi connectivity index (χ4v) is 2.61. The summed E-state index contributed by atoms with van der Waals surface area (Å²) < 4.78 is 5.73. The van der Waals surface area contributed by atoms with Crippen molar-refractivity contribution in [1.82, 2.24) is 5.32 Å². The number of carbonyl (C=O) groups excluding carboxylic acids is 2. The number of nitrogens with one attached hydrogen (secondary N) is 1. The van der Waals surface area contributed by atoms with Gasteiger partial charge in [0.1, 0.15) is 11.8 Å². The Balaban J connectivity index is 2.11. The number of fused-ring (bicyclic) bond motifs is 1. The maximum Gasteiger partial charge on any atom is 0.262 e. The van der Waals surface area contributed by atoms with Crippen molar-refractivity contribution in [2.45, 2.75) is 53.2 Å². The molecule has 1 aliphatic rings. The van der Waals surface area contributed by atoms with E-state index >= 15 is 0 Å². The third-order valence-electron chi connectivity index (χ3n) is 4.08. The van der Waals surface area contributed by atoms with E-state index in [4.69, 9.17) is 10.5 Å². The van der Waals surface area contributed by atoms with Crippen LogP contribution in [0, 0.1) is 19.3 Å². The molecule has 0 unspecified atom stereocenters. The minimum absolute atomic E-state index is 0.301. The lowest BCUT2D eigenvalue weighted by Gasteiger charge is -2.29. The summed E-state index contributed by atoms with van der Waals surface area (Å²) in [6, 6.07) is 3.27. The van der Waals surface area contributed by atoms with Crippen LogP contribution in [0.15, 0.2) is 12.1 Å². The summed E-state index contributed by atoms with van der Waals surface area (Å²) >= 11 is 0. The molecule has 2 atom stereocenters. The zero-order chi connectivity index (χ0) is 16.7. The monoisotopic (exact) mass is 304 g/mol. The SMILES string of the molecule is Cc1cc2c(cc1C)O[C@H](C(=O)N[C@@H](C(N)=O)C(C)(C)C)C2. The van der Waals surface area contributed by atoms with Crippen molar-refractivity contribution < 1.29 is 14.3 Å². The van der Waals surface area contributed by atoms with Crippen LogP contribution in [-0.4, -0.2) is 24.0 Å². The van der Waals surface area contributed by atoms with Gasteiger partial charge in [0.25, 0.3) is 5.91 Å². The Hall–Kier alpha value is -2.04. The highest BCUT2D eigenvalue weighted by molar-refractivity contribution is 5.89. The van der Waals surface area contributed by atoms with Gasteiger partial charge < -0.3 is 15.8 Å². The fraction of sp³-hybridized carbons (Fsp3) is 0.529. The van der Waals surface area contributed by atoms with Crippen LogP contribution in [0.5, 0.6) is 5.75 Å². The molecule has 0 fully saturated rings. The molecule has 0 spiro atoms. The minimum atomic E-state index is -0.726. The molecule has 0 bridgehead atoms. The molecule has 1 heterocycles. The number of aryl methyl sites for hydroxylation is 2. The van der Waals surface area contributed by atoms with Gasteiger partial charge in [-0.25, -0.2) is 0 Å². The zero-order valence-electron chi connectivity index (χ0n) is 13.8. The summed E-state index contributed by atoms with van der Waals surface area (Å²) in [4.78, 5) is 24.0. The number of hydrogen-bond donors (Lipinski definition) is 2. The maximum absolute atomic E-state index is 12.4. The average molecular weight is 304 g/mol. The molecule has 0 aliphatic carbocycles. The molecule has 1 aliphatic heterocycles. The molecule has 2 rings (SSSR count). The lowest BCUT2D eigenvalue weighted by molar-refractivity contribution is -0.133. The van der Waals surface area contributed by atoms with Crippen LogP contribution in [0.4, 0.5) is 0 Å². The number of benzene rings is 1. The van der Waals surface area contributed by atoms with Gasteiger partial charge in [-0.05, 0) is 42.0 Å². The number of primary amides is 1. The van der Waals surface area contributed by atoms with Crippen molar-refractivity contribution in [2.75, 3.05) is 0 Å². The zero-order valence-corrected chi connectivity index (χ0v) is 13.8. The number of carbonyl (C=O) groups is 2. The molecule has 1 aromatic rings. The predicted octanol–water partition coefficient (Wildman–Crippen LogP) is 1.62. The van der Waals surface area contributed by atoms with E-state index in [0.29, 0.717) is 6.42 Å². The quantitative estimate of drug-likeness (QED) is 0.890. The van der Waals surface area contributed by atoms with Gasteiger partial charge in [-0.1, -0.05) is 26.8 Å². The summed E-state index contributed by atoms with van der Waals surface area (Å²) in [5, 5.41) is 2.72. The van der Waals surface area contributed by atoms with E-state index < -0.39 is 23.5 Å². The van der Waals surface area contributed by atoms with Crippen LogP contribution >= 0.6 is 0 Å². The van der Waals surface area contributed by atoms with E-state index in [1.807, 2.05) is 46.8 Å². The first-order chi connectivity index (χ1) is 10.1.